The fourth-order valence-corrected chi connectivity index (χ4v) is 3.88. The fraction of sp³-hybridized carbons (Fsp3) is 0.188. The van der Waals surface area contributed by atoms with Crippen LogP contribution in [0.25, 0.3) is 11.0 Å². The molecule has 0 amide bonds. The monoisotopic (exact) mass is 362 g/mol. The van der Waals surface area contributed by atoms with Gasteiger partial charge in [-0.2, -0.15) is 17.2 Å². The van der Waals surface area contributed by atoms with E-state index in [0.29, 0.717) is 23.9 Å². The number of aryl methyl sites for hydroxylation is 1. The predicted octanol–water partition coefficient (Wildman–Crippen LogP) is 2.98. The summed E-state index contributed by atoms with van der Waals surface area (Å²) in [4.78, 5) is 11.0. The molecule has 0 bridgehead atoms. The van der Waals surface area contributed by atoms with Crippen molar-refractivity contribution in [1.29, 1.82) is 0 Å². The van der Waals surface area contributed by atoms with E-state index in [4.69, 9.17) is 4.18 Å². The van der Waals surface area contributed by atoms with Crippen molar-refractivity contribution in [3.8, 4) is 5.75 Å². The molecule has 0 spiro atoms. The molecule has 0 aliphatic carbocycles. The van der Waals surface area contributed by atoms with Gasteiger partial charge in [0.25, 0.3) is 0 Å². The summed E-state index contributed by atoms with van der Waals surface area (Å²) in [6, 6.07) is 11.4. The van der Waals surface area contributed by atoms with Crippen LogP contribution in [-0.4, -0.2) is 22.9 Å². The van der Waals surface area contributed by atoms with Crippen LogP contribution in [0.1, 0.15) is 18.9 Å². The molecule has 124 valence electrons. The molecule has 0 unspecified atom stereocenters. The first kappa shape index (κ1) is 16.5. The normalized spacial score (nSPS) is 11.5. The number of rotatable bonds is 6. The quantitative estimate of drug-likeness (QED) is 0.627. The van der Waals surface area contributed by atoms with Crippen LogP contribution in [-0.2, 0) is 21.3 Å². The third-order valence-electron chi connectivity index (χ3n) is 3.41. The summed E-state index contributed by atoms with van der Waals surface area (Å²) in [6.45, 7) is 1.54. The minimum absolute atomic E-state index is 0.00518. The van der Waals surface area contributed by atoms with Gasteiger partial charge in [-0.15, -0.1) is 0 Å². The molecule has 0 aliphatic heterocycles. The van der Waals surface area contributed by atoms with Crippen LogP contribution in [0.3, 0.4) is 0 Å². The van der Waals surface area contributed by atoms with Crippen LogP contribution in [0.4, 0.5) is 0 Å². The lowest BCUT2D eigenvalue weighted by Crippen LogP contribution is -2.10. The Kier molecular flexibility index (Phi) is 4.59. The van der Waals surface area contributed by atoms with E-state index in [1.54, 1.807) is 36.4 Å². The number of Topliss-reactive ketones (excluding diaryl/α,β-unsaturated/α-hetero) is 1. The third-order valence-corrected chi connectivity index (χ3v) is 5.24. The summed E-state index contributed by atoms with van der Waals surface area (Å²) in [7, 11) is -4.00. The van der Waals surface area contributed by atoms with Crippen molar-refractivity contribution < 1.29 is 17.4 Å². The first-order valence-electron chi connectivity index (χ1n) is 7.20. The number of hydrogen-bond acceptors (Lipinski definition) is 7. The van der Waals surface area contributed by atoms with Crippen molar-refractivity contribution in [3.63, 3.8) is 0 Å². The lowest BCUT2D eigenvalue weighted by molar-refractivity contribution is -0.116. The Morgan fingerprint density at radius 2 is 1.88 bits per heavy atom. The molecule has 24 heavy (non-hydrogen) atoms. The van der Waals surface area contributed by atoms with E-state index in [0.717, 1.165) is 17.3 Å². The Labute approximate surface area is 143 Å². The molecule has 0 atom stereocenters. The van der Waals surface area contributed by atoms with Gasteiger partial charge in [-0.05, 0) is 43.2 Å². The van der Waals surface area contributed by atoms with E-state index in [1.165, 1.54) is 13.0 Å². The van der Waals surface area contributed by atoms with E-state index >= 15 is 0 Å². The zero-order valence-corrected chi connectivity index (χ0v) is 14.4. The van der Waals surface area contributed by atoms with Crippen LogP contribution in [0, 0.1) is 0 Å². The van der Waals surface area contributed by atoms with Gasteiger partial charge in [0.2, 0.25) is 0 Å². The molecule has 0 N–H and O–H groups in total. The van der Waals surface area contributed by atoms with Gasteiger partial charge in [-0.1, -0.05) is 18.2 Å². The Morgan fingerprint density at radius 1 is 1.12 bits per heavy atom. The van der Waals surface area contributed by atoms with Gasteiger partial charge in [-0.3, -0.25) is 0 Å². The van der Waals surface area contributed by atoms with Crippen molar-refractivity contribution >= 4 is 38.7 Å². The number of nitrogens with zero attached hydrogens (tertiary/aromatic N) is 2. The number of aromatic nitrogens is 2. The molecular formula is C16H14N2O4S2. The number of ketones is 1. The van der Waals surface area contributed by atoms with Crippen molar-refractivity contribution in [1.82, 2.24) is 8.75 Å². The first-order valence-corrected chi connectivity index (χ1v) is 9.34. The van der Waals surface area contributed by atoms with Crippen molar-refractivity contribution in [3.05, 3.63) is 48.0 Å². The maximum absolute atomic E-state index is 12.5. The molecule has 1 heterocycles. The number of carbonyl (C=O) groups is 1. The molecule has 8 heteroatoms. The second kappa shape index (κ2) is 6.66. The lowest BCUT2D eigenvalue weighted by Gasteiger charge is -2.08. The third kappa shape index (κ3) is 3.60. The minimum atomic E-state index is -4.00. The molecule has 3 rings (SSSR count). The predicted molar refractivity (Wildman–Crippen MR) is 90.7 cm³/mol. The Balaban J connectivity index is 1.82. The van der Waals surface area contributed by atoms with Crippen molar-refractivity contribution in [2.75, 3.05) is 0 Å². The molecule has 0 aliphatic rings. The molecule has 0 radical (unpaired) electrons. The molecular weight excluding hydrogens is 348 g/mol. The number of fused-ring (bicyclic) bond motifs is 1. The minimum Gasteiger partial charge on any atom is -0.379 e. The van der Waals surface area contributed by atoms with Gasteiger partial charge in [-0.25, -0.2) is 0 Å². The smallest absolute Gasteiger partial charge is 0.341 e. The van der Waals surface area contributed by atoms with E-state index in [-0.39, 0.29) is 16.4 Å². The fourth-order valence-electron chi connectivity index (χ4n) is 2.19. The summed E-state index contributed by atoms with van der Waals surface area (Å²) >= 11 is 0.952. The number of carbonyl (C=O) groups excluding carboxylic acids is 1. The average Bonchev–Trinajstić information content (AvgIpc) is 3.02. The second-order valence-corrected chi connectivity index (χ2v) is 7.31. The van der Waals surface area contributed by atoms with E-state index in [1.807, 2.05) is 0 Å². The highest BCUT2D eigenvalue weighted by atomic mass is 32.2. The first-order chi connectivity index (χ1) is 11.5. The molecule has 0 saturated carbocycles. The molecule has 0 saturated heterocycles. The number of benzene rings is 2. The highest BCUT2D eigenvalue weighted by Crippen LogP contribution is 2.25. The summed E-state index contributed by atoms with van der Waals surface area (Å²) in [5.74, 6) is 0.324. The zero-order chi connectivity index (χ0) is 17.2. The van der Waals surface area contributed by atoms with Gasteiger partial charge in [0.1, 0.15) is 27.5 Å². The highest BCUT2D eigenvalue weighted by molar-refractivity contribution is 7.87. The molecule has 0 fully saturated rings. The molecule has 1 aromatic heterocycles. The largest absolute Gasteiger partial charge is 0.379 e. The number of hydrogen-bond donors (Lipinski definition) is 0. The van der Waals surface area contributed by atoms with E-state index < -0.39 is 10.1 Å². The van der Waals surface area contributed by atoms with Gasteiger partial charge < -0.3 is 8.98 Å². The van der Waals surface area contributed by atoms with Crippen LogP contribution >= 0.6 is 11.7 Å². The van der Waals surface area contributed by atoms with Crippen LogP contribution in [0.5, 0.6) is 5.75 Å². The molecule has 3 aromatic rings. The van der Waals surface area contributed by atoms with Gasteiger partial charge in [0.05, 0.1) is 11.7 Å². The Bertz CT molecular complexity index is 979. The summed E-state index contributed by atoms with van der Waals surface area (Å²) in [5, 5.41) is 0. The van der Waals surface area contributed by atoms with Gasteiger partial charge in [0.15, 0.2) is 0 Å². The topological polar surface area (TPSA) is 86.2 Å². The standard InChI is InChI=1S/C16H14N2O4S2/c1-11(19)5-6-12-7-9-13(10-8-12)22-24(20,21)15-4-2-3-14-16(15)18-23-17-14/h2-4,7-10H,5-6H2,1H3. The highest BCUT2D eigenvalue weighted by Gasteiger charge is 2.21. The Morgan fingerprint density at radius 3 is 2.58 bits per heavy atom. The summed E-state index contributed by atoms with van der Waals surface area (Å²) in [5.41, 5.74) is 1.77. The lowest BCUT2D eigenvalue weighted by atomic mass is 10.1. The van der Waals surface area contributed by atoms with Crippen LogP contribution in [0.2, 0.25) is 0 Å². The van der Waals surface area contributed by atoms with Crippen LogP contribution < -0.4 is 4.18 Å². The summed E-state index contributed by atoms with van der Waals surface area (Å²) < 4.78 is 38.2. The summed E-state index contributed by atoms with van der Waals surface area (Å²) in [6.07, 6.45) is 1.07. The SMILES string of the molecule is CC(=O)CCc1ccc(OS(=O)(=O)c2cccc3nsnc23)cc1. The van der Waals surface area contributed by atoms with Crippen LogP contribution in [0.15, 0.2) is 47.4 Å². The maximum atomic E-state index is 12.5. The van der Waals surface area contributed by atoms with Gasteiger partial charge in [0, 0.05) is 6.42 Å². The van der Waals surface area contributed by atoms with E-state index in [9.17, 15) is 13.2 Å². The van der Waals surface area contributed by atoms with E-state index in [2.05, 4.69) is 8.75 Å². The Hall–Kier alpha value is -2.32. The van der Waals surface area contributed by atoms with Crippen molar-refractivity contribution in [2.24, 2.45) is 0 Å². The zero-order valence-electron chi connectivity index (χ0n) is 12.8. The second-order valence-electron chi connectivity index (χ2n) is 5.27. The van der Waals surface area contributed by atoms with Crippen molar-refractivity contribution in [2.45, 2.75) is 24.7 Å². The maximum Gasteiger partial charge on any atom is 0.341 e. The molecule has 6 nitrogen and oxygen atoms in total. The molecule has 2 aromatic carbocycles. The average molecular weight is 362 g/mol. The van der Waals surface area contributed by atoms with Gasteiger partial charge >= 0.3 is 10.1 Å².